The lowest BCUT2D eigenvalue weighted by molar-refractivity contribution is -0.387. The third kappa shape index (κ3) is 3.51. The molecule has 0 radical (unpaired) electrons. The summed E-state index contributed by atoms with van der Waals surface area (Å²) in [4.78, 5) is 11.1. The van der Waals surface area contributed by atoms with Crippen LogP contribution in [-0.2, 0) is 6.54 Å². The van der Waals surface area contributed by atoms with Gasteiger partial charge in [-0.1, -0.05) is 6.07 Å². The van der Waals surface area contributed by atoms with E-state index in [0.717, 1.165) is 12.1 Å². The number of hydrogen-bond donors (Lipinski definition) is 0. The Morgan fingerprint density at radius 1 is 1.33 bits per heavy atom. The highest BCUT2D eigenvalue weighted by atomic mass is 19.1. The Bertz CT molecular complexity index is 517. The molecule has 92 valence electrons. The quantitative estimate of drug-likeness (QED) is 0.448. The van der Waals surface area contributed by atoms with Crippen molar-refractivity contribution in [3.8, 4) is 12.1 Å². The molecule has 0 atom stereocenters. The summed E-state index contributed by atoms with van der Waals surface area (Å²) in [6, 6.07) is 7.30. The van der Waals surface area contributed by atoms with Crippen LogP contribution in [0.15, 0.2) is 18.2 Å². The molecule has 7 heteroatoms. The fourth-order valence-electron chi connectivity index (χ4n) is 1.42. The third-order valence-electron chi connectivity index (χ3n) is 2.20. The molecule has 0 unspecified atom stereocenters. The van der Waals surface area contributed by atoms with Crippen LogP contribution in [0.2, 0.25) is 0 Å². The highest BCUT2D eigenvalue weighted by Gasteiger charge is 2.14. The van der Waals surface area contributed by atoms with Crippen molar-refractivity contribution >= 4 is 5.69 Å². The van der Waals surface area contributed by atoms with E-state index in [4.69, 9.17) is 10.5 Å². The number of nitrogens with zero attached hydrogens (tertiary/aromatic N) is 4. The molecule has 0 fully saturated rings. The van der Waals surface area contributed by atoms with Crippen LogP contribution in [-0.4, -0.2) is 22.9 Å². The zero-order valence-electron chi connectivity index (χ0n) is 9.34. The van der Waals surface area contributed by atoms with Crippen LogP contribution in [0.3, 0.4) is 0 Å². The fraction of sp³-hybridized carbons (Fsp3) is 0.273. The number of rotatable bonds is 5. The van der Waals surface area contributed by atoms with E-state index in [1.165, 1.54) is 11.0 Å². The van der Waals surface area contributed by atoms with Gasteiger partial charge in [0.15, 0.2) is 0 Å². The van der Waals surface area contributed by atoms with Crippen LogP contribution in [0.1, 0.15) is 5.56 Å². The SMILES string of the molecule is N#CCN(CC#N)Cc1ccc([N+](=O)[O-])c(F)c1. The van der Waals surface area contributed by atoms with E-state index in [1.54, 1.807) is 0 Å². The van der Waals surface area contributed by atoms with Crippen LogP contribution in [0, 0.1) is 38.6 Å². The average Bonchev–Trinajstić information content (AvgIpc) is 2.29. The number of nitro groups is 1. The zero-order valence-corrected chi connectivity index (χ0v) is 9.34. The molecule has 18 heavy (non-hydrogen) atoms. The second kappa shape index (κ2) is 6.28. The highest BCUT2D eigenvalue weighted by Crippen LogP contribution is 2.18. The smallest absolute Gasteiger partial charge is 0.273 e. The normalized spacial score (nSPS) is 9.78. The lowest BCUT2D eigenvalue weighted by Crippen LogP contribution is -2.23. The van der Waals surface area contributed by atoms with Gasteiger partial charge in [0.1, 0.15) is 0 Å². The molecule has 0 aliphatic heterocycles. The number of nitriles is 2. The number of hydrogen-bond acceptors (Lipinski definition) is 5. The Balaban J connectivity index is 2.85. The van der Waals surface area contributed by atoms with E-state index in [0.29, 0.717) is 5.56 Å². The van der Waals surface area contributed by atoms with Gasteiger partial charge in [-0.15, -0.1) is 0 Å². The zero-order chi connectivity index (χ0) is 13.5. The first-order chi connectivity index (χ1) is 8.58. The second-order valence-electron chi connectivity index (χ2n) is 3.50. The van der Waals surface area contributed by atoms with Gasteiger partial charge in [-0.05, 0) is 11.6 Å². The lowest BCUT2D eigenvalue weighted by Gasteiger charge is -2.14. The molecular weight excluding hydrogens is 239 g/mol. The third-order valence-corrected chi connectivity index (χ3v) is 2.20. The summed E-state index contributed by atoms with van der Waals surface area (Å²) in [6.07, 6.45) is 0. The Morgan fingerprint density at radius 3 is 2.39 bits per heavy atom. The maximum Gasteiger partial charge on any atom is 0.304 e. The number of benzene rings is 1. The predicted molar refractivity (Wildman–Crippen MR) is 59.6 cm³/mol. The summed E-state index contributed by atoms with van der Waals surface area (Å²) in [5.41, 5.74) is -0.116. The van der Waals surface area contributed by atoms with Gasteiger partial charge in [0, 0.05) is 12.6 Å². The van der Waals surface area contributed by atoms with Crippen molar-refractivity contribution in [2.75, 3.05) is 13.1 Å². The molecule has 0 aliphatic carbocycles. The van der Waals surface area contributed by atoms with Crippen LogP contribution in [0.4, 0.5) is 10.1 Å². The van der Waals surface area contributed by atoms with Gasteiger partial charge in [-0.2, -0.15) is 14.9 Å². The van der Waals surface area contributed by atoms with Gasteiger partial charge in [-0.3, -0.25) is 15.0 Å². The van der Waals surface area contributed by atoms with E-state index in [-0.39, 0.29) is 19.6 Å². The molecule has 0 bridgehead atoms. The Morgan fingerprint density at radius 2 is 1.94 bits per heavy atom. The Hall–Kier alpha value is -2.51. The van der Waals surface area contributed by atoms with Gasteiger partial charge in [0.05, 0.1) is 30.2 Å². The molecule has 0 N–H and O–H groups in total. The predicted octanol–water partition coefficient (Wildman–Crippen LogP) is 1.58. The minimum atomic E-state index is -0.925. The summed E-state index contributed by atoms with van der Waals surface area (Å²) < 4.78 is 13.3. The van der Waals surface area contributed by atoms with Crippen LogP contribution in [0.5, 0.6) is 0 Å². The molecule has 0 amide bonds. The van der Waals surface area contributed by atoms with Crippen LogP contribution >= 0.6 is 0 Å². The van der Waals surface area contributed by atoms with Crippen molar-refractivity contribution in [2.24, 2.45) is 0 Å². The van der Waals surface area contributed by atoms with E-state index in [9.17, 15) is 14.5 Å². The van der Waals surface area contributed by atoms with Gasteiger partial charge in [0.25, 0.3) is 0 Å². The Labute approximate surface area is 103 Å². The van der Waals surface area contributed by atoms with Crippen molar-refractivity contribution in [1.82, 2.24) is 4.90 Å². The van der Waals surface area contributed by atoms with E-state index in [2.05, 4.69) is 0 Å². The minimum Gasteiger partial charge on any atom is -0.273 e. The molecule has 6 nitrogen and oxygen atoms in total. The summed E-state index contributed by atoms with van der Waals surface area (Å²) in [5.74, 6) is -0.925. The van der Waals surface area contributed by atoms with Gasteiger partial charge < -0.3 is 0 Å². The number of halogens is 1. The van der Waals surface area contributed by atoms with E-state index >= 15 is 0 Å². The molecule has 0 saturated heterocycles. The van der Waals surface area contributed by atoms with Crippen molar-refractivity contribution in [3.63, 3.8) is 0 Å². The molecule has 0 saturated carbocycles. The van der Waals surface area contributed by atoms with Gasteiger partial charge in [-0.25, -0.2) is 0 Å². The summed E-state index contributed by atoms with van der Waals surface area (Å²) in [7, 11) is 0. The molecule has 1 aromatic rings. The topological polar surface area (TPSA) is 94.0 Å². The van der Waals surface area contributed by atoms with Crippen LogP contribution in [0.25, 0.3) is 0 Å². The Kier molecular flexibility index (Phi) is 4.73. The molecule has 0 heterocycles. The van der Waals surface area contributed by atoms with E-state index < -0.39 is 16.4 Å². The summed E-state index contributed by atoms with van der Waals surface area (Å²) in [6.45, 7) is 0.258. The molecular formula is C11H9FN4O2. The number of nitro benzene ring substituents is 1. The van der Waals surface area contributed by atoms with Crippen molar-refractivity contribution < 1.29 is 9.31 Å². The first-order valence-electron chi connectivity index (χ1n) is 4.97. The monoisotopic (exact) mass is 248 g/mol. The largest absolute Gasteiger partial charge is 0.304 e. The minimum absolute atomic E-state index is 0.0339. The fourth-order valence-corrected chi connectivity index (χ4v) is 1.42. The van der Waals surface area contributed by atoms with Crippen molar-refractivity contribution in [3.05, 3.63) is 39.7 Å². The molecule has 1 rings (SSSR count). The second-order valence-corrected chi connectivity index (χ2v) is 3.50. The average molecular weight is 248 g/mol. The molecule has 0 spiro atoms. The molecule has 0 aliphatic rings. The molecule has 0 aromatic heterocycles. The summed E-state index contributed by atoms with van der Waals surface area (Å²) in [5, 5.41) is 27.5. The highest BCUT2D eigenvalue weighted by molar-refractivity contribution is 5.35. The first-order valence-corrected chi connectivity index (χ1v) is 4.97. The lowest BCUT2D eigenvalue weighted by atomic mass is 10.2. The standard InChI is InChI=1S/C11H9FN4O2/c12-10-7-9(1-2-11(10)16(17)18)8-15(5-3-13)6-4-14/h1-2,7H,5-6,8H2. The van der Waals surface area contributed by atoms with Crippen molar-refractivity contribution in [2.45, 2.75) is 6.54 Å². The molecule has 1 aromatic carbocycles. The maximum absolute atomic E-state index is 13.3. The van der Waals surface area contributed by atoms with Gasteiger partial charge >= 0.3 is 5.69 Å². The summed E-state index contributed by atoms with van der Waals surface area (Å²) >= 11 is 0. The maximum atomic E-state index is 13.3. The van der Waals surface area contributed by atoms with E-state index in [1.807, 2.05) is 12.1 Å². The van der Waals surface area contributed by atoms with Gasteiger partial charge in [0.2, 0.25) is 5.82 Å². The first kappa shape index (κ1) is 13.6. The van der Waals surface area contributed by atoms with Crippen molar-refractivity contribution in [1.29, 1.82) is 10.5 Å². The van der Waals surface area contributed by atoms with Crippen LogP contribution < -0.4 is 0 Å².